The molecule has 36 heavy (non-hydrogen) atoms. The van der Waals surface area contributed by atoms with Crippen molar-refractivity contribution in [1.82, 2.24) is 0 Å². The lowest BCUT2D eigenvalue weighted by Crippen LogP contribution is -2.09. The summed E-state index contributed by atoms with van der Waals surface area (Å²) in [6.45, 7) is 2.11. The summed E-state index contributed by atoms with van der Waals surface area (Å²) < 4.78 is 4.94. The number of carboxylic acid groups (broad SMARTS) is 1. The second-order valence-electron chi connectivity index (χ2n) is 7.90. The summed E-state index contributed by atoms with van der Waals surface area (Å²) in [5.41, 5.74) is 4.12. The fourth-order valence-corrected chi connectivity index (χ4v) is 4.06. The number of hydrogen-bond donors (Lipinski definition) is 3. The van der Waals surface area contributed by atoms with E-state index in [4.69, 9.17) is 33.0 Å². The Kier molecular flexibility index (Phi) is 9.27. The SMILES string of the molecule is CCOC(=O)CC1=CCC(=O)Nc2cc(Cl)ccc21.O=C(O)CC1=CCC(=O)Nc2cc(Cl)ccc21. The molecule has 10 heteroatoms. The molecule has 2 amide bonds. The number of hydrogen-bond acceptors (Lipinski definition) is 5. The van der Waals surface area contributed by atoms with Crippen LogP contribution in [0.1, 0.15) is 43.7 Å². The quantitative estimate of drug-likeness (QED) is 0.435. The van der Waals surface area contributed by atoms with Gasteiger partial charge in [-0.05, 0) is 42.3 Å². The van der Waals surface area contributed by atoms with Crippen molar-refractivity contribution < 1.29 is 29.0 Å². The first kappa shape index (κ1) is 27.0. The van der Waals surface area contributed by atoms with Crippen LogP contribution in [0.3, 0.4) is 0 Å². The fourth-order valence-electron chi connectivity index (χ4n) is 3.72. The molecule has 3 N–H and O–H groups in total. The number of anilines is 2. The maximum Gasteiger partial charge on any atom is 0.310 e. The minimum atomic E-state index is -0.925. The van der Waals surface area contributed by atoms with Gasteiger partial charge in [0.05, 0.1) is 19.4 Å². The fraction of sp³-hybridized carbons (Fsp3) is 0.231. The molecule has 2 heterocycles. The average molecular weight is 531 g/mol. The van der Waals surface area contributed by atoms with E-state index in [0.717, 1.165) is 11.1 Å². The number of fused-ring (bicyclic) bond motifs is 2. The molecule has 0 saturated heterocycles. The molecule has 0 aliphatic carbocycles. The Bertz CT molecular complexity index is 1270. The zero-order valence-electron chi connectivity index (χ0n) is 19.4. The minimum Gasteiger partial charge on any atom is -0.481 e. The Morgan fingerprint density at radius 3 is 1.78 bits per heavy atom. The van der Waals surface area contributed by atoms with Gasteiger partial charge < -0.3 is 20.5 Å². The van der Waals surface area contributed by atoms with E-state index >= 15 is 0 Å². The van der Waals surface area contributed by atoms with Gasteiger partial charge in [-0.2, -0.15) is 0 Å². The Balaban J connectivity index is 0.000000202. The number of halogens is 2. The van der Waals surface area contributed by atoms with Crippen molar-refractivity contribution in [3.05, 3.63) is 69.7 Å². The van der Waals surface area contributed by atoms with Crippen molar-refractivity contribution in [2.24, 2.45) is 0 Å². The smallest absolute Gasteiger partial charge is 0.310 e. The second kappa shape index (κ2) is 12.4. The number of nitrogens with one attached hydrogen (secondary N) is 2. The van der Waals surface area contributed by atoms with E-state index in [2.05, 4.69) is 10.6 Å². The highest BCUT2D eigenvalue weighted by Crippen LogP contribution is 2.33. The molecule has 2 aromatic rings. The normalized spacial score (nSPS) is 14.2. The molecule has 0 atom stereocenters. The Labute approximate surface area is 217 Å². The van der Waals surface area contributed by atoms with Crippen LogP contribution in [-0.4, -0.2) is 35.5 Å². The summed E-state index contributed by atoms with van der Waals surface area (Å²) in [7, 11) is 0. The summed E-state index contributed by atoms with van der Waals surface area (Å²) in [4.78, 5) is 45.4. The molecule has 0 bridgehead atoms. The highest BCUT2D eigenvalue weighted by Gasteiger charge is 2.19. The zero-order chi connectivity index (χ0) is 26.2. The number of carbonyl (C=O) groups is 4. The topological polar surface area (TPSA) is 122 Å². The monoisotopic (exact) mass is 530 g/mol. The zero-order valence-corrected chi connectivity index (χ0v) is 20.9. The number of esters is 1. The highest BCUT2D eigenvalue weighted by molar-refractivity contribution is 6.31. The van der Waals surface area contributed by atoms with Crippen LogP contribution in [0, 0.1) is 0 Å². The van der Waals surface area contributed by atoms with E-state index in [1.54, 1.807) is 55.5 Å². The van der Waals surface area contributed by atoms with Gasteiger partial charge in [-0.1, -0.05) is 47.5 Å². The molecular formula is C26H24Cl2N2O6. The molecule has 0 radical (unpaired) electrons. The van der Waals surface area contributed by atoms with E-state index in [1.165, 1.54) is 0 Å². The van der Waals surface area contributed by atoms with Gasteiger partial charge in [0.25, 0.3) is 0 Å². The molecule has 188 valence electrons. The van der Waals surface area contributed by atoms with Crippen LogP contribution >= 0.6 is 23.2 Å². The summed E-state index contributed by atoms with van der Waals surface area (Å²) in [6.07, 6.45) is 3.85. The lowest BCUT2D eigenvalue weighted by Gasteiger charge is -2.11. The molecule has 0 unspecified atom stereocenters. The number of benzene rings is 2. The van der Waals surface area contributed by atoms with Gasteiger partial charge in [-0.3, -0.25) is 19.2 Å². The van der Waals surface area contributed by atoms with Crippen molar-refractivity contribution in [3.8, 4) is 0 Å². The van der Waals surface area contributed by atoms with E-state index in [-0.39, 0.29) is 43.5 Å². The van der Waals surface area contributed by atoms with Crippen molar-refractivity contribution >= 4 is 69.5 Å². The van der Waals surface area contributed by atoms with Gasteiger partial charge >= 0.3 is 11.9 Å². The number of carboxylic acids is 1. The van der Waals surface area contributed by atoms with Gasteiger partial charge in [0.15, 0.2) is 0 Å². The van der Waals surface area contributed by atoms with Crippen LogP contribution in [0.25, 0.3) is 11.1 Å². The highest BCUT2D eigenvalue weighted by atomic mass is 35.5. The van der Waals surface area contributed by atoms with Crippen molar-refractivity contribution in [2.75, 3.05) is 17.2 Å². The molecule has 2 aromatic carbocycles. The molecule has 2 aliphatic rings. The van der Waals surface area contributed by atoms with Gasteiger partial charge in [-0.25, -0.2) is 0 Å². The third-order valence-corrected chi connectivity index (χ3v) is 5.72. The molecule has 0 saturated carbocycles. The van der Waals surface area contributed by atoms with Crippen LogP contribution in [0.15, 0.2) is 48.6 Å². The molecule has 8 nitrogen and oxygen atoms in total. The van der Waals surface area contributed by atoms with Gasteiger partial charge in [-0.15, -0.1) is 0 Å². The van der Waals surface area contributed by atoms with Crippen molar-refractivity contribution in [3.63, 3.8) is 0 Å². The van der Waals surface area contributed by atoms with Gasteiger partial charge in [0.2, 0.25) is 11.8 Å². The lowest BCUT2D eigenvalue weighted by molar-refractivity contribution is -0.142. The molecule has 0 fully saturated rings. The van der Waals surface area contributed by atoms with E-state index in [1.807, 2.05) is 0 Å². The van der Waals surface area contributed by atoms with E-state index < -0.39 is 5.97 Å². The van der Waals surface area contributed by atoms with Crippen LogP contribution in [0.5, 0.6) is 0 Å². The molecule has 2 aliphatic heterocycles. The third kappa shape index (κ3) is 7.44. The molecule has 0 spiro atoms. The first-order valence-corrected chi connectivity index (χ1v) is 11.9. The predicted octanol–water partition coefficient (Wildman–Crippen LogP) is 5.56. The van der Waals surface area contributed by atoms with Gasteiger partial charge in [0, 0.05) is 45.4 Å². The maximum atomic E-state index is 11.6. The lowest BCUT2D eigenvalue weighted by atomic mass is 10.0. The Morgan fingerprint density at radius 1 is 0.861 bits per heavy atom. The van der Waals surface area contributed by atoms with Crippen LogP contribution in [-0.2, 0) is 23.9 Å². The first-order valence-electron chi connectivity index (χ1n) is 11.1. The third-order valence-electron chi connectivity index (χ3n) is 5.25. The second-order valence-corrected chi connectivity index (χ2v) is 8.77. The van der Waals surface area contributed by atoms with Crippen molar-refractivity contribution in [1.29, 1.82) is 0 Å². The number of aliphatic carboxylic acids is 1. The number of rotatable bonds is 5. The summed E-state index contributed by atoms with van der Waals surface area (Å²) >= 11 is 11.8. The summed E-state index contributed by atoms with van der Waals surface area (Å²) in [5.74, 6) is -1.52. The van der Waals surface area contributed by atoms with E-state index in [0.29, 0.717) is 39.2 Å². The molecule has 4 rings (SSSR count). The first-order chi connectivity index (χ1) is 17.2. The van der Waals surface area contributed by atoms with Crippen LogP contribution in [0.2, 0.25) is 10.0 Å². The Morgan fingerprint density at radius 2 is 1.33 bits per heavy atom. The standard InChI is InChI=1S/C14H14ClNO3.C12H10ClNO3/c1-2-19-14(18)7-9-3-6-13(17)16-12-8-10(15)4-5-11(9)12;13-8-2-3-9-7(5-12(16)17)1-4-11(15)14-10(9)6-8/h3-5,8H,2,6-7H2,1H3,(H,16,17);1-3,6H,4-5H2,(H,14,15)(H,16,17). The maximum absolute atomic E-state index is 11.6. The number of ether oxygens (including phenoxy) is 1. The van der Waals surface area contributed by atoms with Crippen molar-refractivity contribution in [2.45, 2.75) is 32.6 Å². The largest absolute Gasteiger partial charge is 0.481 e. The Hall–Kier alpha value is -3.62. The molecular weight excluding hydrogens is 507 g/mol. The predicted molar refractivity (Wildman–Crippen MR) is 139 cm³/mol. The van der Waals surface area contributed by atoms with Crippen LogP contribution < -0.4 is 10.6 Å². The number of carbonyl (C=O) groups excluding carboxylic acids is 3. The van der Waals surface area contributed by atoms with Gasteiger partial charge in [0.1, 0.15) is 0 Å². The average Bonchev–Trinajstić information content (AvgIpc) is 3.04. The minimum absolute atomic E-state index is 0.108. The van der Waals surface area contributed by atoms with Crippen LogP contribution in [0.4, 0.5) is 11.4 Å². The summed E-state index contributed by atoms with van der Waals surface area (Å²) in [6, 6.07) is 10.2. The van der Waals surface area contributed by atoms with E-state index in [9.17, 15) is 19.2 Å². The molecule has 0 aromatic heterocycles. The summed E-state index contributed by atoms with van der Waals surface area (Å²) in [5, 5.41) is 15.3. The number of amides is 2.